The Hall–Kier alpha value is -1.69. The van der Waals surface area contributed by atoms with Crippen LogP contribution in [0.1, 0.15) is 11.1 Å². The van der Waals surface area contributed by atoms with Crippen LogP contribution in [0.3, 0.4) is 0 Å². The van der Waals surface area contributed by atoms with Gasteiger partial charge >= 0.3 is 6.18 Å². The van der Waals surface area contributed by atoms with E-state index < -0.39 is 11.7 Å². The predicted octanol–water partition coefficient (Wildman–Crippen LogP) is 5.15. The first-order valence-electron chi connectivity index (χ1n) is 5.68. The highest BCUT2D eigenvalue weighted by atomic mass is 79.9. The molecule has 0 aliphatic heterocycles. The lowest BCUT2D eigenvalue weighted by atomic mass is 10.2. The van der Waals surface area contributed by atoms with Gasteiger partial charge in [-0.3, -0.25) is 0 Å². The standard InChI is InChI=1S/C14H11BrF3NO/c1-8-6-13(11(15)7-12(8)19)20-10-4-2-9(3-5-10)14(16,17)18/h2-7H,19H2,1H3. The van der Waals surface area contributed by atoms with Crippen LogP contribution >= 0.6 is 15.9 Å². The number of hydrogen-bond donors (Lipinski definition) is 1. The van der Waals surface area contributed by atoms with Crippen LogP contribution in [0, 0.1) is 6.92 Å². The minimum Gasteiger partial charge on any atom is -0.456 e. The van der Waals surface area contributed by atoms with Crippen LogP contribution in [0.5, 0.6) is 11.5 Å². The average Bonchev–Trinajstić information content (AvgIpc) is 2.35. The Balaban J connectivity index is 2.25. The van der Waals surface area contributed by atoms with Gasteiger partial charge in [-0.05, 0) is 64.8 Å². The highest BCUT2D eigenvalue weighted by Crippen LogP contribution is 2.35. The van der Waals surface area contributed by atoms with Gasteiger partial charge < -0.3 is 10.5 Å². The minimum atomic E-state index is -4.35. The van der Waals surface area contributed by atoms with Gasteiger partial charge in [0.1, 0.15) is 11.5 Å². The molecule has 0 heterocycles. The molecule has 2 aromatic carbocycles. The van der Waals surface area contributed by atoms with Crippen molar-refractivity contribution in [2.24, 2.45) is 0 Å². The van der Waals surface area contributed by atoms with Crippen LogP contribution in [-0.4, -0.2) is 0 Å². The molecule has 2 aromatic rings. The molecule has 0 aromatic heterocycles. The Bertz CT molecular complexity index is 624. The topological polar surface area (TPSA) is 35.2 Å². The van der Waals surface area contributed by atoms with Crippen LogP contribution in [-0.2, 0) is 6.18 Å². The van der Waals surface area contributed by atoms with Crippen molar-refractivity contribution in [3.05, 3.63) is 52.0 Å². The van der Waals surface area contributed by atoms with E-state index in [0.29, 0.717) is 21.7 Å². The summed E-state index contributed by atoms with van der Waals surface area (Å²) in [5, 5.41) is 0. The predicted molar refractivity (Wildman–Crippen MR) is 74.8 cm³/mol. The Morgan fingerprint density at radius 2 is 1.70 bits per heavy atom. The zero-order valence-electron chi connectivity index (χ0n) is 10.5. The van der Waals surface area contributed by atoms with Crippen LogP contribution < -0.4 is 10.5 Å². The summed E-state index contributed by atoms with van der Waals surface area (Å²) in [7, 11) is 0. The van der Waals surface area contributed by atoms with Crippen molar-refractivity contribution in [1.82, 2.24) is 0 Å². The summed E-state index contributed by atoms with van der Waals surface area (Å²) in [6.45, 7) is 1.82. The fraction of sp³-hybridized carbons (Fsp3) is 0.143. The Morgan fingerprint density at radius 1 is 1.10 bits per heavy atom. The summed E-state index contributed by atoms with van der Waals surface area (Å²) in [6.07, 6.45) is -4.35. The zero-order chi connectivity index (χ0) is 14.9. The highest BCUT2D eigenvalue weighted by molar-refractivity contribution is 9.10. The molecule has 2 N–H and O–H groups in total. The lowest BCUT2D eigenvalue weighted by Gasteiger charge is -2.11. The average molecular weight is 346 g/mol. The SMILES string of the molecule is Cc1cc(Oc2ccc(C(F)(F)F)cc2)c(Br)cc1N. The van der Waals surface area contributed by atoms with E-state index in [1.165, 1.54) is 12.1 Å². The number of benzene rings is 2. The molecule has 2 nitrogen and oxygen atoms in total. The van der Waals surface area contributed by atoms with Crippen LogP contribution in [0.15, 0.2) is 40.9 Å². The van der Waals surface area contributed by atoms with E-state index in [-0.39, 0.29) is 0 Å². The van der Waals surface area contributed by atoms with Crippen LogP contribution in [0.4, 0.5) is 18.9 Å². The van der Waals surface area contributed by atoms with Gasteiger partial charge in [-0.1, -0.05) is 0 Å². The Morgan fingerprint density at radius 3 is 2.25 bits per heavy atom. The number of nitrogen functional groups attached to an aromatic ring is 1. The van der Waals surface area contributed by atoms with E-state index in [1.54, 1.807) is 12.1 Å². The molecule has 0 spiro atoms. The largest absolute Gasteiger partial charge is 0.456 e. The van der Waals surface area contributed by atoms with Gasteiger partial charge in [-0.15, -0.1) is 0 Å². The van der Waals surface area contributed by atoms with Crippen molar-refractivity contribution in [2.75, 3.05) is 5.73 Å². The fourth-order valence-electron chi connectivity index (χ4n) is 1.59. The molecule has 0 saturated carbocycles. The van der Waals surface area contributed by atoms with E-state index in [0.717, 1.165) is 17.7 Å². The number of ether oxygens (including phenoxy) is 1. The van der Waals surface area contributed by atoms with Gasteiger partial charge in [0.05, 0.1) is 10.0 Å². The molecular formula is C14H11BrF3NO. The molecule has 0 amide bonds. The molecule has 0 saturated heterocycles. The second-order valence-corrected chi connectivity index (χ2v) is 5.12. The van der Waals surface area contributed by atoms with Gasteiger partial charge in [0.2, 0.25) is 0 Å². The maximum atomic E-state index is 12.4. The number of rotatable bonds is 2. The fourth-order valence-corrected chi connectivity index (χ4v) is 2.03. The van der Waals surface area contributed by atoms with Crippen molar-refractivity contribution in [2.45, 2.75) is 13.1 Å². The molecule has 6 heteroatoms. The van der Waals surface area contributed by atoms with Crippen LogP contribution in [0.2, 0.25) is 0 Å². The number of nitrogens with two attached hydrogens (primary N) is 1. The maximum Gasteiger partial charge on any atom is 0.416 e. The van der Waals surface area contributed by atoms with Crippen molar-refractivity contribution >= 4 is 21.6 Å². The van der Waals surface area contributed by atoms with Gasteiger partial charge in [0.15, 0.2) is 0 Å². The van der Waals surface area contributed by atoms with Crippen molar-refractivity contribution < 1.29 is 17.9 Å². The molecule has 106 valence electrons. The number of hydrogen-bond acceptors (Lipinski definition) is 2. The van der Waals surface area contributed by atoms with Crippen molar-refractivity contribution in [1.29, 1.82) is 0 Å². The lowest BCUT2D eigenvalue weighted by Crippen LogP contribution is -2.04. The zero-order valence-corrected chi connectivity index (χ0v) is 12.0. The van der Waals surface area contributed by atoms with Gasteiger partial charge in [-0.25, -0.2) is 0 Å². The van der Waals surface area contributed by atoms with Gasteiger partial charge in [0.25, 0.3) is 0 Å². The van der Waals surface area contributed by atoms with E-state index in [1.807, 2.05) is 6.92 Å². The molecule has 0 bridgehead atoms. The first-order valence-corrected chi connectivity index (χ1v) is 6.47. The Labute approximate surface area is 122 Å². The van der Waals surface area contributed by atoms with Gasteiger partial charge in [-0.2, -0.15) is 13.2 Å². The monoisotopic (exact) mass is 345 g/mol. The van der Waals surface area contributed by atoms with E-state index >= 15 is 0 Å². The Kier molecular flexibility index (Phi) is 3.94. The van der Waals surface area contributed by atoms with E-state index in [2.05, 4.69) is 15.9 Å². The molecule has 0 radical (unpaired) electrons. The second-order valence-electron chi connectivity index (χ2n) is 4.26. The summed E-state index contributed by atoms with van der Waals surface area (Å²) in [5.41, 5.74) is 6.47. The molecular weight excluding hydrogens is 335 g/mol. The summed E-state index contributed by atoms with van der Waals surface area (Å²) < 4.78 is 43.5. The highest BCUT2D eigenvalue weighted by Gasteiger charge is 2.30. The summed E-state index contributed by atoms with van der Waals surface area (Å²) >= 11 is 3.30. The quantitative estimate of drug-likeness (QED) is 0.763. The molecule has 0 aliphatic carbocycles. The van der Waals surface area contributed by atoms with Crippen molar-refractivity contribution in [3.63, 3.8) is 0 Å². The summed E-state index contributed by atoms with van der Waals surface area (Å²) in [6, 6.07) is 7.93. The lowest BCUT2D eigenvalue weighted by molar-refractivity contribution is -0.137. The van der Waals surface area contributed by atoms with Crippen LogP contribution in [0.25, 0.3) is 0 Å². The number of alkyl halides is 3. The third-order valence-corrected chi connectivity index (χ3v) is 3.35. The minimum absolute atomic E-state index is 0.322. The summed E-state index contributed by atoms with van der Waals surface area (Å²) in [4.78, 5) is 0. The molecule has 20 heavy (non-hydrogen) atoms. The third kappa shape index (κ3) is 3.25. The third-order valence-electron chi connectivity index (χ3n) is 2.73. The number of aryl methyl sites for hydroxylation is 1. The van der Waals surface area contributed by atoms with E-state index in [9.17, 15) is 13.2 Å². The maximum absolute atomic E-state index is 12.4. The van der Waals surface area contributed by atoms with Crippen molar-refractivity contribution in [3.8, 4) is 11.5 Å². The first kappa shape index (κ1) is 14.7. The second kappa shape index (κ2) is 5.36. The summed E-state index contributed by atoms with van der Waals surface area (Å²) in [5.74, 6) is 0.819. The molecule has 0 aliphatic rings. The normalized spacial score (nSPS) is 11.4. The smallest absolute Gasteiger partial charge is 0.416 e. The number of halogens is 4. The van der Waals surface area contributed by atoms with E-state index in [4.69, 9.17) is 10.5 Å². The molecule has 0 unspecified atom stereocenters. The molecule has 2 rings (SSSR count). The first-order chi connectivity index (χ1) is 9.27. The molecule has 0 fully saturated rings. The molecule has 0 atom stereocenters. The number of anilines is 1. The van der Waals surface area contributed by atoms with Gasteiger partial charge in [0, 0.05) is 5.69 Å².